The van der Waals surface area contributed by atoms with E-state index in [1.807, 2.05) is 24.3 Å². The second-order valence-corrected chi connectivity index (χ2v) is 6.53. The number of carboxylic acids is 1. The van der Waals surface area contributed by atoms with Gasteiger partial charge in [-0.05, 0) is 29.8 Å². The van der Waals surface area contributed by atoms with Crippen molar-refractivity contribution in [3.05, 3.63) is 53.5 Å². The SMILES string of the molecule is COC(=O)c1ccc(COc2cccc([C@H]3N[C@H](C(=O)O)CS3)c2)o1. The van der Waals surface area contributed by atoms with Gasteiger partial charge in [0.2, 0.25) is 5.76 Å². The summed E-state index contributed by atoms with van der Waals surface area (Å²) in [5, 5.41) is 12.0. The number of hydrogen-bond acceptors (Lipinski definition) is 7. The summed E-state index contributed by atoms with van der Waals surface area (Å²) in [4.78, 5) is 22.4. The Hall–Kier alpha value is -2.45. The first-order valence-electron chi connectivity index (χ1n) is 7.57. The highest BCUT2D eigenvalue weighted by molar-refractivity contribution is 7.99. The van der Waals surface area contributed by atoms with Crippen LogP contribution in [0.25, 0.3) is 0 Å². The van der Waals surface area contributed by atoms with E-state index in [0.29, 0.717) is 17.3 Å². The molecule has 2 aromatic rings. The Balaban J connectivity index is 1.61. The van der Waals surface area contributed by atoms with Crippen molar-refractivity contribution in [1.29, 1.82) is 0 Å². The maximum atomic E-state index is 11.4. The van der Waals surface area contributed by atoms with E-state index in [1.54, 1.807) is 17.8 Å². The van der Waals surface area contributed by atoms with Gasteiger partial charge in [-0.2, -0.15) is 0 Å². The van der Waals surface area contributed by atoms with E-state index >= 15 is 0 Å². The summed E-state index contributed by atoms with van der Waals surface area (Å²) in [5.41, 5.74) is 0.945. The van der Waals surface area contributed by atoms with Crippen molar-refractivity contribution in [2.45, 2.75) is 18.0 Å². The van der Waals surface area contributed by atoms with Crippen LogP contribution in [0.3, 0.4) is 0 Å². The van der Waals surface area contributed by atoms with Crippen molar-refractivity contribution in [2.75, 3.05) is 12.9 Å². The van der Waals surface area contributed by atoms with E-state index < -0.39 is 18.0 Å². The van der Waals surface area contributed by atoms with Gasteiger partial charge in [-0.15, -0.1) is 11.8 Å². The molecule has 1 aliphatic rings. The Labute approximate surface area is 148 Å². The third kappa shape index (κ3) is 4.15. The summed E-state index contributed by atoms with van der Waals surface area (Å²) in [6, 6.07) is 10.1. The van der Waals surface area contributed by atoms with Crippen molar-refractivity contribution in [3.63, 3.8) is 0 Å². The van der Waals surface area contributed by atoms with Crippen LogP contribution in [0.15, 0.2) is 40.8 Å². The van der Waals surface area contributed by atoms with Gasteiger partial charge in [-0.3, -0.25) is 10.1 Å². The van der Waals surface area contributed by atoms with Gasteiger partial charge in [0.1, 0.15) is 24.2 Å². The highest BCUT2D eigenvalue weighted by atomic mass is 32.2. The number of benzene rings is 1. The summed E-state index contributed by atoms with van der Waals surface area (Å²) in [7, 11) is 1.29. The smallest absolute Gasteiger partial charge is 0.373 e. The van der Waals surface area contributed by atoms with Crippen LogP contribution < -0.4 is 10.1 Å². The minimum absolute atomic E-state index is 0.0841. The Morgan fingerprint density at radius 1 is 1.36 bits per heavy atom. The predicted octanol–water partition coefficient (Wildman–Crippen LogP) is 2.43. The zero-order chi connectivity index (χ0) is 17.8. The van der Waals surface area contributed by atoms with E-state index in [9.17, 15) is 9.59 Å². The fourth-order valence-electron chi connectivity index (χ4n) is 2.39. The number of carbonyl (C=O) groups excluding carboxylic acids is 1. The lowest BCUT2D eigenvalue weighted by molar-refractivity contribution is -0.138. The molecular weight excluding hydrogens is 346 g/mol. The summed E-state index contributed by atoms with van der Waals surface area (Å²) < 4.78 is 15.6. The molecule has 0 saturated carbocycles. The molecule has 1 aromatic carbocycles. The van der Waals surface area contributed by atoms with Crippen LogP contribution in [0, 0.1) is 0 Å². The fourth-order valence-corrected chi connectivity index (χ4v) is 3.62. The second kappa shape index (κ2) is 7.62. The van der Waals surface area contributed by atoms with Crippen LogP contribution in [0.2, 0.25) is 0 Å². The Bertz CT molecular complexity index is 774. The molecule has 2 atom stereocenters. The van der Waals surface area contributed by atoms with E-state index in [1.165, 1.54) is 13.2 Å². The van der Waals surface area contributed by atoms with E-state index in [0.717, 1.165) is 5.56 Å². The van der Waals surface area contributed by atoms with E-state index in [4.69, 9.17) is 14.3 Å². The van der Waals surface area contributed by atoms with Crippen molar-refractivity contribution in [2.24, 2.45) is 0 Å². The van der Waals surface area contributed by atoms with Gasteiger partial charge < -0.3 is 19.0 Å². The average molecular weight is 363 g/mol. The number of thioether (sulfide) groups is 1. The Kier molecular flexibility index (Phi) is 5.30. The van der Waals surface area contributed by atoms with Crippen LogP contribution in [-0.4, -0.2) is 35.9 Å². The molecule has 0 bridgehead atoms. The minimum Gasteiger partial charge on any atom is -0.486 e. The van der Waals surface area contributed by atoms with Crippen LogP contribution >= 0.6 is 11.8 Å². The zero-order valence-electron chi connectivity index (χ0n) is 13.4. The number of methoxy groups -OCH3 is 1. The number of esters is 1. The average Bonchev–Trinajstić information content (AvgIpc) is 3.29. The van der Waals surface area contributed by atoms with Gasteiger partial charge in [0.05, 0.1) is 12.5 Å². The minimum atomic E-state index is -0.846. The van der Waals surface area contributed by atoms with Crippen molar-refractivity contribution >= 4 is 23.7 Å². The van der Waals surface area contributed by atoms with Crippen LogP contribution in [-0.2, 0) is 16.1 Å². The number of aliphatic carboxylic acids is 1. The molecule has 0 aliphatic carbocycles. The second-order valence-electron chi connectivity index (χ2n) is 5.39. The lowest BCUT2D eigenvalue weighted by Gasteiger charge is -2.13. The van der Waals surface area contributed by atoms with E-state index in [2.05, 4.69) is 10.1 Å². The fraction of sp³-hybridized carbons (Fsp3) is 0.294. The van der Waals surface area contributed by atoms with Gasteiger partial charge in [0.25, 0.3) is 0 Å². The first-order valence-corrected chi connectivity index (χ1v) is 8.62. The maximum absolute atomic E-state index is 11.4. The zero-order valence-corrected chi connectivity index (χ0v) is 14.2. The number of ether oxygens (including phenoxy) is 2. The van der Waals surface area contributed by atoms with Crippen molar-refractivity contribution < 1.29 is 28.6 Å². The molecule has 0 radical (unpaired) electrons. The molecule has 2 N–H and O–H groups in total. The highest BCUT2D eigenvalue weighted by Crippen LogP contribution is 2.34. The maximum Gasteiger partial charge on any atom is 0.373 e. The Morgan fingerprint density at radius 2 is 2.20 bits per heavy atom. The highest BCUT2D eigenvalue weighted by Gasteiger charge is 2.30. The summed E-state index contributed by atoms with van der Waals surface area (Å²) >= 11 is 1.55. The third-order valence-electron chi connectivity index (χ3n) is 3.67. The lowest BCUT2D eigenvalue weighted by Crippen LogP contribution is -2.33. The number of rotatable bonds is 6. The molecule has 0 amide bonds. The van der Waals surface area contributed by atoms with Gasteiger partial charge in [0, 0.05) is 5.75 Å². The van der Waals surface area contributed by atoms with Gasteiger partial charge in [0.15, 0.2) is 0 Å². The molecule has 3 rings (SSSR count). The Morgan fingerprint density at radius 3 is 2.92 bits per heavy atom. The number of furan rings is 1. The first-order chi connectivity index (χ1) is 12.1. The molecule has 0 spiro atoms. The van der Waals surface area contributed by atoms with Crippen molar-refractivity contribution in [3.8, 4) is 5.75 Å². The largest absolute Gasteiger partial charge is 0.486 e. The number of hydrogen-bond donors (Lipinski definition) is 2. The molecule has 2 heterocycles. The first kappa shape index (κ1) is 17.4. The van der Waals surface area contributed by atoms with Crippen molar-refractivity contribution in [1.82, 2.24) is 5.32 Å². The molecule has 1 aromatic heterocycles. The molecular formula is C17H17NO6S. The predicted molar refractivity (Wildman–Crippen MR) is 90.6 cm³/mol. The topological polar surface area (TPSA) is 98.0 Å². The molecule has 1 aliphatic heterocycles. The quantitative estimate of drug-likeness (QED) is 0.755. The summed E-state index contributed by atoms with van der Waals surface area (Å²) in [6.45, 7) is 0.170. The van der Waals surface area contributed by atoms with Gasteiger partial charge >= 0.3 is 11.9 Å². The number of nitrogens with one attached hydrogen (secondary N) is 1. The third-order valence-corrected chi connectivity index (χ3v) is 4.94. The molecule has 0 unspecified atom stereocenters. The molecule has 7 nitrogen and oxygen atoms in total. The molecule has 25 heavy (non-hydrogen) atoms. The molecule has 1 fully saturated rings. The van der Waals surface area contributed by atoms with Crippen LogP contribution in [0.1, 0.15) is 27.3 Å². The molecule has 1 saturated heterocycles. The monoisotopic (exact) mass is 363 g/mol. The lowest BCUT2D eigenvalue weighted by atomic mass is 10.2. The normalized spacial score (nSPS) is 19.6. The van der Waals surface area contributed by atoms with Crippen LogP contribution in [0.4, 0.5) is 0 Å². The summed E-state index contributed by atoms with van der Waals surface area (Å²) in [5.74, 6) is 0.404. The van der Waals surface area contributed by atoms with Crippen LogP contribution in [0.5, 0.6) is 5.75 Å². The molecule has 8 heteroatoms. The molecule has 132 valence electrons. The number of carbonyl (C=O) groups is 2. The van der Waals surface area contributed by atoms with E-state index in [-0.39, 0.29) is 17.7 Å². The number of carboxylic acid groups (broad SMARTS) is 1. The standard InChI is InChI=1S/C17H17NO6S/c1-22-17(21)14-6-5-12(24-14)8-23-11-4-2-3-10(7-11)15-18-13(9-25-15)16(19)20/h2-7,13,15,18H,8-9H2,1H3,(H,19,20)/t13-,15-/m0/s1. The van der Waals surface area contributed by atoms with Gasteiger partial charge in [-0.1, -0.05) is 12.1 Å². The van der Waals surface area contributed by atoms with Gasteiger partial charge in [-0.25, -0.2) is 4.79 Å². The summed E-state index contributed by atoms with van der Waals surface area (Å²) in [6.07, 6.45) is 0.